The van der Waals surface area contributed by atoms with Crippen LogP contribution >= 0.6 is 0 Å². The highest BCUT2D eigenvalue weighted by Gasteiger charge is 2.17. The quantitative estimate of drug-likeness (QED) is 0.898. The van der Waals surface area contributed by atoms with Crippen molar-refractivity contribution in [1.29, 1.82) is 0 Å². The van der Waals surface area contributed by atoms with Gasteiger partial charge in [-0.15, -0.1) is 0 Å². The molecule has 0 saturated carbocycles. The van der Waals surface area contributed by atoms with Gasteiger partial charge >= 0.3 is 5.97 Å². The Hall–Kier alpha value is -1.92. The van der Waals surface area contributed by atoms with Crippen molar-refractivity contribution in [2.75, 3.05) is 32.8 Å². The highest BCUT2D eigenvalue weighted by Crippen LogP contribution is 2.14. The fourth-order valence-electron chi connectivity index (χ4n) is 2.52. The van der Waals surface area contributed by atoms with Gasteiger partial charge in [-0.05, 0) is 12.1 Å². The summed E-state index contributed by atoms with van der Waals surface area (Å²) >= 11 is 0. The van der Waals surface area contributed by atoms with Crippen molar-refractivity contribution in [2.45, 2.75) is 6.42 Å². The van der Waals surface area contributed by atoms with E-state index < -0.39 is 5.97 Å². The molecule has 0 spiro atoms. The van der Waals surface area contributed by atoms with Crippen LogP contribution in [0.4, 0.5) is 0 Å². The molecule has 1 saturated heterocycles. The molecule has 1 aliphatic heterocycles. The van der Waals surface area contributed by atoms with Gasteiger partial charge in [-0.1, -0.05) is 6.07 Å². The highest BCUT2D eigenvalue weighted by atomic mass is 16.5. The average Bonchev–Trinajstić information content (AvgIpc) is 2.85. The van der Waals surface area contributed by atoms with Crippen molar-refractivity contribution in [3.05, 3.63) is 35.9 Å². The monoisotopic (exact) mass is 275 g/mol. The lowest BCUT2D eigenvalue weighted by molar-refractivity contribution is 0.0382. The molecule has 6 nitrogen and oxygen atoms in total. The summed E-state index contributed by atoms with van der Waals surface area (Å²) in [6.45, 7) is 4.26. The standard InChI is InChI=1S/C14H17N3O3/c18-14(19)13-11-3-1-2-5-17(11)12(15-13)4-6-16-7-9-20-10-8-16/h1-3,5H,4,6-10H2,(H,18,19). The van der Waals surface area contributed by atoms with Gasteiger partial charge in [0.15, 0.2) is 5.69 Å². The fourth-order valence-corrected chi connectivity index (χ4v) is 2.52. The Balaban J connectivity index is 1.82. The second-order valence-corrected chi connectivity index (χ2v) is 4.84. The number of nitrogens with zero attached hydrogens (tertiary/aromatic N) is 3. The van der Waals surface area contributed by atoms with Crippen molar-refractivity contribution >= 4 is 11.5 Å². The number of carboxylic acid groups (broad SMARTS) is 1. The summed E-state index contributed by atoms with van der Waals surface area (Å²) in [6, 6.07) is 5.50. The molecule has 3 rings (SSSR count). The van der Waals surface area contributed by atoms with E-state index in [1.165, 1.54) is 0 Å². The predicted octanol–water partition coefficient (Wildman–Crippen LogP) is 0.907. The Bertz CT molecular complexity index is 617. The van der Waals surface area contributed by atoms with Crippen LogP contribution in [0.15, 0.2) is 24.4 Å². The first kappa shape index (κ1) is 13.1. The zero-order chi connectivity index (χ0) is 13.9. The number of aromatic nitrogens is 2. The summed E-state index contributed by atoms with van der Waals surface area (Å²) in [4.78, 5) is 17.8. The maximum Gasteiger partial charge on any atom is 0.356 e. The average molecular weight is 275 g/mol. The third kappa shape index (κ3) is 2.52. The summed E-state index contributed by atoms with van der Waals surface area (Å²) in [5, 5.41) is 9.21. The van der Waals surface area contributed by atoms with Crippen LogP contribution in [0.3, 0.4) is 0 Å². The second kappa shape index (κ2) is 5.60. The van der Waals surface area contributed by atoms with Crippen molar-refractivity contribution in [3.8, 4) is 0 Å². The normalized spacial score (nSPS) is 16.6. The molecule has 1 N–H and O–H groups in total. The lowest BCUT2D eigenvalue weighted by Crippen LogP contribution is -2.37. The van der Waals surface area contributed by atoms with Gasteiger partial charge in [-0.25, -0.2) is 9.78 Å². The summed E-state index contributed by atoms with van der Waals surface area (Å²) < 4.78 is 7.18. The van der Waals surface area contributed by atoms with E-state index in [0.29, 0.717) is 5.52 Å². The van der Waals surface area contributed by atoms with E-state index in [9.17, 15) is 9.90 Å². The minimum atomic E-state index is -0.980. The summed E-state index contributed by atoms with van der Waals surface area (Å²) in [7, 11) is 0. The van der Waals surface area contributed by atoms with Crippen molar-refractivity contribution in [3.63, 3.8) is 0 Å². The Labute approximate surface area is 116 Å². The smallest absolute Gasteiger partial charge is 0.356 e. The van der Waals surface area contributed by atoms with E-state index in [4.69, 9.17) is 4.74 Å². The van der Waals surface area contributed by atoms with Crippen LogP contribution in [0.5, 0.6) is 0 Å². The second-order valence-electron chi connectivity index (χ2n) is 4.84. The molecule has 0 radical (unpaired) electrons. The van der Waals surface area contributed by atoms with Crippen LogP contribution < -0.4 is 0 Å². The van der Waals surface area contributed by atoms with Gasteiger partial charge in [-0.2, -0.15) is 0 Å². The van der Waals surface area contributed by atoms with Crippen LogP contribution in [-0.2, 0) is 11.2 Å². The first-order chi connectivity index (χ1) is 9.75. The van der Waals surface area contributed by atoms with E-state index in [1.54, 1.807) is 6.07 Å². The molecule has 0 atom stereocenters. The molecule has 6 heteroatoms. The van der Waals surface area contributed by atoms with Gasteiger partial charge < -0.3 is 14.2 Å². The SMILES string of the molecule is O=C(O)c1nc(CCN2CCOCC2)n2ccccc12. The highest BCUT2D eigenvalue weighted by molar-refractivity contribution is 5.93. The van der Waals surface area contributed by atoms with Gasteiger partial charge in [0.25, 0.3) is 0 Å². The van der Waals surface area contributed by atoms with Gasteiger partial charge in [0.05, 0.1) is 18.7 Å². The molecule has 0 aliphatic carbocycles. The number of carbonyl (C=O) groups is 1. The number of hydrogen-bond acceptors (Lipinski definition) is 4. The Morgan fingerprint density at radius 1 is 1.35 bits per heavy atom. The van der Waals surface area contributed by atoms with E-state index >= 15 is 0 Å². The number of hydrogen-bond donors (Lipinski definition) is 1. The third-order valence-corrected chi connectivity index (χ3v) is 3.58. The zero-order valence-electron chi connectivity index (χ0n) is 11.2. The largest absolute Gasteiger partial charge is 0.476 e. The molecule has 2 aromatic heterocycles. The molecule has 0 amide bonds. The summed E-state index contributed by atoms with van der Waals surface area (Å²) in [5.41, 5.74) is 0.777. The third-order valence-electron chi connectivity index (χ3n) is 3.58. The van der Waals surface area contributed by atoms with Crippen molar-refractivity contribution < 1.29 is 14.6 Å². The molecule has 1 fully saturated rings. The molecule has 0 aromatic carbocycles. The number of imidazole rings is 1. The van der Waals surface area contributed by atoms with Crippen LogP contribution in [0.2, 0.25) is 0 Å². The van der Waals surface area contributed by atoms with E-state index in [-0.39, 0.29) is 5.69 Å². The first-order valence-corrected chi connectivity index (χ1v) is 6.75. The predicted molar refractivity (Wildman–Crippen MR) is 73.1 cm³/mol. The number of fused-ring (bicyclic) bond motifs is 1. The van der Waals surface area contributed by atoms with Gasteiger partial charge in [0.2, 0.25) is 0 Å². The Morgan fingerprint density at radius 3 is 2.90 bits per heavy atom. The van der Waals surface area contributed by atoms with Gasteiger partial charge in [0, 0.05) is 32.3 Å². The zero-order valence-corrected chi connectivity index (χ0v) is 11.2. The van der Waals surface area contributed by atoms with Gasteiger partial charge in [-0.3, -0.25) is 4.90 Å². The van der Waals surface area contributed by atoms with Crippen LogP contribution in [-0.4, -0.2) is 58.2 Å². The number of pyridine rings is 1. The van der Waals surface area contributed by atoms with E-state index in [0.717, 1.165) is 45.1 Å². The van der Waals surface area contributed by atoms with Crippen LogP contribution in [0.1, 0.15) is 16.3 Å². The minimum Gasteiger partial charge on any atom is -0.476 e. The van der Waals surface area contributed by atoms with E-state index in [2.05, 4.69) is 9.88 Å². The number of ether oxygens (including phenoxy) is 1. The van der Waals surface area contributed by atoms with Crippen LogP contribution in [0, 0.1) is 0 Å². The fraction of sp³-hybridized carbons (Fsp3) is 0.429. The molecular formula is C14H17N3O3. The molecule has 0 bridgehead atoms. The Kier molecular flexibility index (Phi) is 3.66. The summed E-state index contributed by atoms with van der Waals surface area (Å²) in [5.74, 6) is -0.184. The minimum absolute atomic E-state index is 0.127. The number of carboxylic acids is 1. The Morgan fingerprint density at radius 2 is 2.15 bits per heavy atom. The first-order valence-electron chi connectivity index (χ1n) is 6.75. The topological polar surface area (TPSA) is 67.1 Å². The molecule has 2 aromatic rings. The van der Waals surface area contributed by atoms with Crippen molar-refractivity contribution in [1.82, 2.24) is 14.3 Å². The number of aromatic carboxylic acids is 1. The number of morpholine rings is 1. The maximum absolute atomic E-state index is 11.2. The lowest BCUT2D eigenvalue weighted by atomic mass is 10.3. The van der Waals surface area contributed by atoms with Crippen LogP contribution in [0.25, 0.3) is 5.52 Å². The molecule has 20 heavy (non-hydrogen) atoms. The van der Waals surface area contributed by atoms with E-state index in [1.807, 2.05) is 22.7 Å². The van der Waals surface area contributed by atoms with Crippen molar-refractivity contribution in [2.24, 2.45) is 0 Å². The lowest BCUT2D eigenvalue weighted by Gasteiger charge is -2.26. The van der Waals surface area contributed by atoms with Gasteiger partial charge in [0.1, 0.15) is 5.82 Å². The molecule has 3 heterocycles. The molecular weight excluding hydrogens is 258 g/mol. The molecule has 0 unspecified atom stereocenters. The maximum atomic E-state index is 11.2. The summed E-state index contributed by atoms with van der Waals surface area (Å²) in [6.07, 6.45) is 2.60. The number of rotatable bonds is 4. The molecule has 1 aliphatic rings. The molecule has 106 valence electrons.